The molecule has 3 N–H and O–H groups in total. The van der Waals surface area contributed by atoms with Crippen LogP contribution in [0, 0.1) is 32.6 Å². The second-order valence-electron chi connectivity index (χ2n) is 6.07. The van der Waals surface area contributed by atoms with Crippen LogP contribution in [0.25, 0.3) is 0 Å². The van der Waals surface area contributed by atoms with Gasteiger partial charge in [-0.1, -0.05) is 31.5 Å². The van der Waals surface area contributed by atoms with E-state index in [9.17, 15) is 4.79 Å². The summed E-state index contributed by atoms with van der Waals surface area (Å²) in [5.74, 6) is -0.607. The predicted octanol–water partition coefficient (Wildman–Crippen LogP) is 3.40. The number of hydrogen-bond donors (Lipinski definition) is 2. The van der Waals surface area contributed by atoms with Gasteiger partial charge >= 0.3 is 5.97 Å². The monoisotopic (exact) mass is 277 g/mol. The van der Waals surface area contributed by atoms with E-state index in [1.54, 1.807) is 0 Å². The van der Waals surface area contributed by atoms with E-state index >= 15 is 0 Å². The maximum Gasteiger partial charge on any atom is 0.307 e. The first kappa shape index (κ1) is 16.7. The van der Waals surface area contributed by atoms with E-state index in [2.05, 4.69) is 46.8 Å². The summed E-state index contributed by atoms with van der Waals surface area (Å²) in [4.78, 5) is 11.1. The Kier molecular flexibility index (Phi) is 5.75. The van der Waals surface area contributed by atoms with Gasteiger partial charge in [0.1, 0.15) is 0 Å². The number of rotatable bonds is 6. The predicted molar refractivity (Wildman–Crippen MR) is 83.0 cm³/mol. The maximum atomic E-state index is 11.1. The SMILES string of the molecule is Cc1cc(C)c(C)c(C(C)C(C)CC(CN)C(=O)O)c1. The third kappa shape index (κ3) is 3.83. The largest absolute Gasteiger partial charge is 0.481 e. The van der Waals surface area contributed by atoms with Crippen molar-refractivity contribution in [3.05, 3.63) is 34.4 Å². The van der Waals surface area contributed by atoms with Crippen molar-refractivity contribution in [2.45, 2.75) is 47.0 Å². The van der Waals surface area contributed by atoms with Crippen LogP contribution in [0.1, 0.15) is 48.4 Å². The Balaban J connectivity index is 2.94. The fourth-order valence-corrected chi connectivity index (χ4v) is 2.80. The minimum absolute atomic E-state index is 0.207. The van der Waals surface area contributed by atoms with Crippen LogP contribution in [0.15, 0.2) is 12.1 Å². The van der Waals surface area contributed by atoms with Gasteiger partial charge in [0.2, 0.25) is 0 Å². The van der Waals surface area contributed by atoms with E-state index in [0.29, 0.717) is 18.3 Å². The van der Waals surface area contributed by atoms with Gasteiger partial charge in [-0.3, -0.25) is 4.79 Å². The molecule has 0 radical (unpaired) electrons. The smallest absolute Gasteiger partial charge is 0.307 e. The molecule has 0 saturated heterocycles. The number of aliphatic carboxylic acids is 1. The highest BCUT2D eigenvalue weighted by atomic mass is 16.4. The van der Waals surface area contributed by atoms with Crippen molar-refractivity contribution in [2.24, 2.45) is 17.6 Å². The molecule has 0 aromatic heterocycles. The summed E-state index contributed by atoms with van der Waals surface area (Å²) in [6.07, 6.45) is 0.624. The molecule has 1 aromatic rings. The first-order valence-electron chi connectivity index (χ1n) is 7.28. The fourth-order valence-electron chi connectivity index (χ4n) is 2.80. The van der Waals surface area contributed by atoms with Crippen LogP contribution in [0.3, 0.4) is 0 Å². The summed E-state index contributed by atoms with van der Waals surface area (Å²) in [7, 11) is 0. The lowest BCUT2D eigenvalue weighted by Gasteiger charge is -2.25. The molecule has 0 aliphatic carbocycles. The second-order valence-corrected chi connectivity index (χ2v) is 6.07. The van der Waals surface area contributed by atoms with Gasteiger partial charge in [0, 0.05) is 6.54 Å². The molecule has 1 aromatic carbocycles. The second kappa shape index (κ2) is 6.89. The van der Waals surface area contributed by atoms with Crippen LogP contribution in [-0.2, 0) is 4.79 Å². The zero-order valence-corrected chi connectivity index (χ0v) is 13.2. The molecule has 20 heavy (non-hydrogen) atoms. The van der Waals surface area contributed by atoms with Crippen LogP contribution in [0.5, 0.6) is 0 Å². The van der Waals surface area contributed by atoms with Crippen molar-refractivity contribution >= 4 is 5.97 Å². The molecule has 3 atom stereocenters. The first-order valence-corrected chi connectivity index (χ1v) is 7.28. The highest BCUT2D eigenvalue weighted by Crippen LogP contribution is 2.32. The minimum atomic E-state index is -0.788. The number of benzene rings is 1. The van der Waals surface area contributed by atoms with Gasteiger partial charge in [-0.25, -0.2) is 0 Å². The third-order valence-corrected chi connectivity index (χ3v) is 4.49. The number of carboxylic acid groups (broad SMARTS) is 1. The molecule has 0 aliphatic heterocycles. The summed E-state index contributed by atoms with van der Waals surface area (Å²) in [5.41, 5.74) is 10.8. The van der Waals surface area contributed by atoms with Gasteiger partial charge in [0.15, 0.2) is 0 Å². The van der Waals surface area contributed by atoms with Crippen LogP contribution >= 0.6 is 0 Å². The van der Waals surface area contributed by atoms with Gasteiger partial charge in [-0.2, -0.15) is 0 Å². The van der Waals surface area contributed by atoms with Crippen molar-refractivity contribution in [3.63, 3.8) is 0 Å². The standard InChI is InChI=1S/C17H27NO2/c1-10-6-11(2)13(4)16(7-10)14(5)12(3)8-15(9-18)17(19)20/h6-7,12,14-15H,8-9,18H2,1-5H3,(H,19,20). The van der Waals surface area contributed by atoms with Crippen LogP contribution in [0.4, 0.5) is 0 Å². The van der Waals surface area contributed by atoms with Crippen molar-refractivity contribution in [1.29, 1.82) is 0 Å². The Hall–Kier alpha value is -1.35. The third-order valence-electron chi connectivity index (χ3n) is 4.49. The topological polar surface area (TPSA) is 63.3 Å². The Bertz CT molecular complexity index is 482. The summed E-state index contributed by atoms with van der Waals surface area (Å²) in [6, 6.07) is 4.41. The minimum Gasteiger partial charge on any atom is -0.481 e. The molecule has 1 rings (SSSR count). The lowest BCUT2D eigenvalue weighted by atomic mass is 9.80. The van der Waals surface area contributed by atoms with E-state index in [-0.39, 0.29) is 6.54 Å². The number of hydrogen-bond acceptors (Lipinski definition) is 2. The molecular weight excluding hydrogens is 250 g/mol. The molecule has 0 amide bonds. The summed E-state index contributed by atoms with van der Waals surface area (Å²) < 4.78 is 0. The number of nitrogens with two attached hydrogens (primary N) is 1. The zero-order valence-electron chi connectivity index (χ0n) is 13.2. The van der Waals surface area contributed by atoms with Crippen LogP contribution in [0.2, 0.25) is 0 Å². The van der Waals surface area contributed by atoms with Crippen molar-refractivity contribution in [3.8, 4) is 0 Å². The Morgan fingerprint density at radius 2 is 1.85 bits per heavy atom. The average molecular weight is 277 g/mol. The highest BCUT2D eigenvalue weighted by molar-refractivity contribution is 5.70. The van der Waals surface area contributed by atoms with Gasteiger partial charge < -0.3 is 10.8 Å². The highest BCUT2D eigenvalue weighted by Gasteiger charge is 2.24. The van der Waals surface area contributed by atoms with E-state index < -0.39 is 11.9 Å². The zero-order chi connectivity index (χ0) is 15.4. The maximum absolute atomic E-state index is 11.1. The molecule has 0 bridgehead atoms. The Morgan fingerprint density at radius 3 is 2.35 bits per heavy atom. The molecule has 3 heteroatoms. The molecule has 3 unspecified atom stereocenters. The van der Waals surface area contributed by atoms with Gasteiger partial charge in [0.05, 0.1) is 5.92 Å². The fraction of sp³-hybridized carbons (Fsp3) is 0.588. The molecule has 0 spiro atoms. The Labute approximate surface area is 122 Å². The molecule has 0 saturated carbocycles. The van der Waals surface area contributed by atoms with E-state index in [0.717, 1.165) is 0 Å². The number of carboxylic acids is 1. The summed E-state index contributed by atoms with van der Waals surface area (Å²) >= 11 is 0. The normalized spacial score (nSPS) is 15.7. The molecular formula is C17H27NO2. The molecule has 0 aliphatic rings. The molecule has 0 heterocycles. The van der Waals surface area contributed by atoms with Gasteiger partial charge in [-0.05, 0) is 55.7 Å². The van der Waals surface area contributed by atoms with E-state index in [4.69, 9.17) is 10.8 Å². The first-order chi connectivity index (χ1) is 9.27. The van der Waals surface area contributed by atoms with E-state index in [1.165, 1.54) is 22.3 Å². The van der Waals surface area contributed by atoms with E-state index in [1.807, 2.05) is 0 Å². The lowest BCUT2D eigenvalue weighted by molar-refractivity contribution is -0.142. The quantitative estimate of drug-likeness (QED) is 0.837. The molecule has 112 valence electrons. The summed E-state index contributed by atoms with van der Waals surface area (Å²) in [6.45, 7) is 10.9. The van der Waals surface area contributed by atoms with Crippen molar-refractivity contribution in [1.82, 2.24) is 0 Å². The Morgan fingerprint density at radius 1 is 1.25 bits per heavy atom. The van der Waals surface area contributed by atoms with Crippen molar-refractivity contribution < 1.29 is 9.90 Å². The van der Waals surface area contributed by atoms with Crippen LogP contribution in [-0.4, -0.2) is 17.6 Å². The molecule has 0 fully saturated rings. The summed E-state index contributed by atoms with van der Waals surface area (Å²) in [5, 5.41) is 9.14. The van der Waals surface area contributed by atoms with Gasteiger partial charge in [0.25, 0.3) is 0 Å². The number of aryl methyl sites for hydroxylation is 2. The van der Waals surface area contributed by atoms with Gasteiger partial charge in [-0.15, -0.1) is 0 Å². The van der Waals surface area contributed by atoms with Crippen molar-refractivity contribution in [2.75, 3.05) is 6.54 Å². The molecule has 3 nitrogen and oxygen atoms in total. The number of carbonyl (C=O) groups is 1. The average Bonchev–Trinajstić information content (AvgIpc) is 2.38. The van der Waals surface area contributed by atoms with Crippen LogP contribution < -0.4 is 5.73 Å². The lowest BCUT2D eigenvalue weighted by Crippen LogP contribution is -2.26.